The molecule has 0 heterocycles. The van der Waals surface area contributed by atoms with E-state index in [1.807, 2.05) is 0 Å². The fourth-order valence-corrected chi connectivity index (χ4v) is 1.56. The van der Waals surface area contributed by atoms with Gasteiger partial charge in [0.25, 0.3) is 0 Å². The minimum Gasteiger partial charge on any atom is -0.497 e. The zero-order valence-corrected chi connectivity index (χ0v) is 10.3. The largest absolute Gasteiger partial charge is 0.497 e. The Kier molecular flexibility index (Phi) is 3.93. The van der Waals surface area contributed by atoms with Gasteiger partial charge in [0.15, 0.2) is 6.29 Å². The number of carbonyl (C=O) groups excluding carboxylic acids is 2. The van der Waals surface area contributed by atoms with Gasteiger partial charge >= 0.3 is 5.97 Å². The van der Waals surface area contributed by atoms with Crippen LogP contribution in [-0.4, -0.2) is 19.4 Å². The van der Waals surface area contributed by atoms with Crippen molar-refractivity contribution in [3.63, 3.8) is 0 Å². The molecule has 4 nitrogen and oxygen atoms in total. The van der Waals surface area contributed by atoms with Crippen LogP contribution in [0.4, 0.5) is 0 Å². The fourth-order valence-electron chi connectivity index (χ4n) is 1.56. The summed E-state index contributed by atoms with van der Waals surface area (Å²) in [6.45, 7) is 0. The Hall–Kier alpha value is -2.62. The highest BCUT2D eigenvalue weighted by Crippen LogP contribution is 2.24. The number of benzene rings is 2. The summed E-state index contributed by atoms with van der Waals surface area (Å²) < 4.78 is 10.2. The van der Waals surface area contributed by atoms with Crippen molar-refractivity contribution < 1.29 is 19.1 Å². The summed E-state index contributed by atoms with van der Waals surface area (Å²) in [5.74, 6) is 0.182. The quantitative estimate of drug-likeness (QED) is 0.479. The van der Waals surface area contributed by atoms with Crippen molar-refractivity contribution >= 4 is 12.3 Å². The number of aldehydes is 1. The summed E-state index contributed by atoms with van der Waals surface area (Å²) in [4.78, 5) is 22.8. The Labute approximate surface area is 110 Å². The van der Waals surface area contributed by atoms with E-state index in [1.165, 1.54) is 13.2 Å². The van der Waals surface area contributed by atoms with Crippen molar-refractivity contribution in [3.8, 4) is 11.5 Å². The summed E-state index contributed by atoms with van der Waals surface area (Å²) in [5, 5.41) is 0. The molecule has 0 bridgehead atoms. The Morgan fingerprint density at radius 2 is 1.84 bits per heavy atom. The van der Waals surface area contributed by atoms with Gasteiger partial charge in [0.1, 0.15) is 11.5 Å². The van der Waals surface area contributed by atoms with Crippen LogP contribution in [0.5, 0.6) is 11.5 Å². The minimum absolute atomic E-state index is 0.184. The van der Waals surface area contributed by atoms with E-state index in [4.69, 9.17) is 9.47 Å². The highest BCUT2D eigenvalue weighted by Gasteiger charge is 2.12. The highest BCUT2D eigenvalue weighted by molar-refractivity contribution is 5.92. The monoisotopic (exact) mass is 256 g/mol. The molecule has 0 aromatic heterocycles. The maximum atomic E-state index is 11.9. The predicted octanol–water partition coefficient (Wildman–Crippen LogP) is 2.73. The smallest absolute Gasteiger partial charge is 0.343 e. The second-order valence-electron chi connectivity index (χ2n) is 3.78. The molecule has 0 saturated carbocycles. The molecule has 0 N–H and O–H groups in total. The van der Waals surface area contributed by atoms with E-state index < -0.39 is 5.97 Å². The molecular formula is C15H12O4. The Bertz CT molecular complexity index is 590. The first kappa shape index (κ1) is 12.8. The zero-order chi connectivity index (χ0) is 13.7. The molecular weight excluding hydrogens is 244 g/mol. The standard InChI is InChI=1S/C15H12O4/c1-18-13-8-7-12(10-16)14(9-13)19-15(17)11-5-3-2-4-6-11/h2-10H,1H3. The maximum absolute atomic E-state index is 11.9. The lowest BCUT2D eigenvalue weighted by Gasteiger charge is -2.08. The van der Waals surface area contributed by atoms with Crippen molar-refractivity contribution in [2.75, 3.05) is 7.11 Å². The van der Waals surface area contributed by atoms with Gasteiger partial charge in [-0.05, 0) is 24.3 Å². The van der Waals surface area contributed by atoms with Crippen LogP contribution in [-0.2, 0) is 0 Å². The molecule has 0 saturated heterocycles. The van der Waals surface area contributed by atoms with Gasteiger partial charge in [-0.1, -0.05) is 18.2 Å². The van der Waals surface area contributed by atoms with Crippen LogP contribution in [0.2, 0.25) is 0 Å². The molecule has 4 heteroatoms. The normalized spacial score (nSPS) is 9.74. The van der Waals surface area contributed by atoms with E-state index in [-0.39, 0.29) is 5.75 Å². The fraction of sp³-hybridized carbons (Fsp3) is 0.0667. The van der Waals surface area contributed by atoms with E-state index in [2.05, 4.69) is 0 Å². The molecule has 2 aromatic carbocycles. The maximum Gasteiger partial charge on any atom is 0.343 e. The summed E-state index contributed by atoms with van der Waals surface area (Å²) in [6, 6.07) is 13.2. The van der Waals surface area contributed by atoms with E-state index in [9.17, 15) is 9.59 Å². The van der Waals surface area contributed by atoms with Crippen LogP contribution < -0.4 is 9.47 Å². The van der Waals surface area contributed by atoms with Crippen molar-refractivity contribution in [2.24, 2.45) is 0 Å². The van der Waals surface area contributed by atoms with Crippen LogP contribution in [0.25, 0.3) is 0 Å². The molecule has 2 aromatic rings. The van der Waals surface area contributed by atoms with E-state index in [1.54, 1.807) is 42.5 Å². The average molecular weight is 256 g/mol. The zero-order valence-electron chi connectivity index (χ0n) is 10.3. The number of hydrogen-bond donors (Lipinski definition) is 0. The Morgan fingerprint density at radius 1 is 1.11 bits per heavy atom. The molecule has 2 rings (SSSR count). The molecule has 0 aliphatic carbocycles. The SMILES string of the molecule is COc1ccc(C=O)c(OC(=O)c2ccccc2)c1. The van der Waals surface area contributed by atoms with Crippen molar-refractivity contribution in [1.29, 1.82) is 0 Å². The Morgan fingerprint density at radius 3 is 2.47 bits per heavy atom. The van der Waals surface area contributed by atoms with Crippen LogP contribution in [0.1, 0.15) is 20.7 Å². The molecule has 0 radical (unpaired) electrons. The van der Waals surface area contributed by atoms with Gasteiger partial charge in [0.2, 0.25) is 0 Å². The molecule has 0 aliphatic heterocycles. The molecule has 0 fully saturated rings. The van der Waals surface area contributed by atoms with Gasteiger partial charge in [0.05, 0.1) is 18.2 Å². The lowest BCUT2D eigenvalue weighted by molar-refractivity contribution is 0.0733. The van der Waals surface area contributed by atoms with Gasteiger partial charge in [-0.3, -0.25) is 4.79 Å². The van der Waals surface area contributed by atoms with Gasteiger partial charge in [-0.25, -0.2) is 4.79 Å². The van der Waals surface area contributed by atoms with Crippen molar-refractivity contribution in [2.45, 2.75) is 0 Å². The summed E-state index contributed by atoms with van der Waals surface area (Å²) in [6.07, 6.45) is 0.632. The average Bonchev–Trinajstić information content (AvgIpc) is 2.48. The first-order valence-corrected chi connectivity index (χ1v) is 5.65. The third kappa shape index (κ3) is 2.98. The lowest BCUT2D eigenvalue weighted by atomic mass is 10.2. The molecule has 0 aliphatic rings. The lowest BCUT2D eigenvalue weighted by Crippen LogP contribution is -2.09. The summed E-state index contributed by atoms with van der Waals surface area (Å²) in [7, 11) is 1.50. The second-order valence-corrected chi connectivity index (χ2v) is 3.78. The molecule has 0 atom stereocenters. The van der Waals surface area contributed by atoms with Gasteiger partial charge < -0.3 is 9.47 Å². The van der Waals surface area contributed by atoms with Crippen molar-refractivity contribution in [3.05, 3.63) is 59.7 Å². The van der Waals surface area contributed by atoms with Crippen LogP contribution in [0.15, 0.2) is 48.5 Å². The predicted molar refractivity (Wildman–Crippen MR) is 69.8 cm³/mol. The molecule has 0 amide bonds. The number of esters is 1. The topological polar surface area (TPSA) is 52.6 Å². The second kappa shape index (κ2) is 5.82. The van der Waals surface area contributed by atoms with Gasteiger partial charge in [-0.2, -0.15) is 0 Å². The summed E-state index contributed by atoms with van der Waals surface area (Å²) >= 11 is 0. The molecule has 0 spiro atoms. The first-order valence-electron chi connectivity index (χ1n) is 5.65. The molecule has 19 heavy (non-hydrogen) atoms. The summed E-state index contributed by atoms with van der Waals surface area (Å²) in [5.41, 5.74) is 0.715. The van der Waals surface area contributed by atoms with E-state index in [0.717, 1.165) is 0 Å². The first-order chi connectivity index (χ1) is 9.24. The van der Waals surface area contributed by atoms with Gasteiger partial charge in [-0.15, -0.1) is 0 Å². The van der Waals surface area contributed by atoms with Crippen LogP contribution in [0, 0.1) is 0 Å². The molecule has 0 unspecified atom stereocenters. The Balaban J connectivity index is 2.27. The number of carbonyl (C=O) groups is 2. The third-order valence-corrected chi connectivity index (χ3v) is 2.56. The highest BCUT2D eigenvalue weighted by atomic mass is 16.5. The number of hydrogen-bond acceptors (Lipinski definition) is 4. The van der Waals surface area contributed by atoms with Crippen molar-refractivity contribution in [1.82, 2.24) is 0 Å². The number of ether oxygens (including phenoxy) is 2. The third-order valence-electron chi connectivity index (χ3n) is 2.56. The van der Waals surface area contributed by atoms with Gasteiger partial charge in [0, 0.05) is 6.07 Å². The van der Waals surface area contributed by atoms with E-state index >= 15 is 0 Å². The number of rotatable bonds is 4. The molecule has 96 valence electrons. The number of methoxy groups -OCH3 is 1. The van der Waals surface area contributed by atoms with Crippen LogP contribution in [0.3, 0.4) is 0 Å². The van der Waals surface area contributed by atoms with Crippen LogP contribution >= 0.6 is 0 Å². The van der Waals surface area contributed by atoms with E-state index in [0.29, 0.717) is 23.2 Å². The minimum atomic E-state index is -0.517.